The van der Waals surface area contributed by atoms with Crippen LogP contribution in [0, 0.1) is 5.92 Å². The summed E-state index contributed by atoms with van der Waals surface area (Å²) in [5.74, 6) is 1.35. The SMILES string of the molecule is COc1cc(Cl)ccc1C(O)C1CC1c1ccccc1. The Morgan fingerprint density at radius 1 is 1.20 bits per heavy atom. The fraction of sp³-hybridized carbons (Fsp3) is 0.294. The van der Waals surface area contributed by atoms with E-state index in [1.807, 2.05) is 24.3 Å². The molecule has 0 radical (unpaired) electrons. The Kier molecular flexibility index (Phi) is 3.68. The van der Waals surface area contributed by atoms with Crippen LogP contribution in [0.2, 0.25) is 5.02 Å². The Bertz CT molecular complexity index is 597. The quantitative estimate of drug-likeness (QED) is 0.914. The average Bonchev–Trinajstić information content (AvgIpc) is 3.28. The molecule has 0 saturated heterocycles. The summed E-state index contributed by atoms with van der Waals surface area (Å²) in [6.07, 6.45) is 0.504. The minimum absolute atomic E-state index is 0.257. The van der Waals surface area contributed by atoms with Gasteiger partial charge < -0.3 is 9.84 Å². The van der Waals surface area contributed by atoms with Crippen LogP contribution < -0.4 is 4.74 Å². The second-order valence-corrected chi connectivity index (χ2v) is 5.68. The lowest BCUT2D eigenvalue weighted by atomic mass is 10.0. The first-order chi connectivity index (χ1) is 9.70. The highest BCUT2D eigenvalue weighted by molar-refractivity contribution is 6.30. The summed E-state index contributed by atoms with van der Waals surface area (Å²) in [5, 5.41) is 11.2. The Hall–Kier alpha value is -1.51. The van der Waals surface area contributed by atoms with Gasteiger partial charge in [0, 0.05) is 10.6 Å². The van der Waals surface area contributed by atoms with Crippen molar-refractivity contribution >= 4 is 11.6 Å². The van der Waals surface area contributed by atoms with E-state index in [0.29, 0.717) is 16.7 Å². The van der Waals surface area contributed by atoms with Crippen LogP contribution in [0.15, 0.2) is 48.5 Å². The van der Waals surface area contributed by atoms with E-state index in [4.69, 9.17) is 16.3 Å². The molecule has 20 heavy (non-hydrogen) atoms. The van der Waals surface area contributed by atoms with Crippen molar-refractivity contribution in [2.75, 3.05) is 7.11 Å². The van der Waals surface area contributed by atoms with Gasteiger partial charge in [-0.15, -0.1) is 0 Å². The number of aliphatic hydroxyl groups is 1. The fourth-order valence-electron chi connectivity index (χ4n) is 2.81. The zero-order chi connectivity index (χ0) is 14.1. The molecule has 2 aromatic rings. The summed E-state index contributed by atoms with van der Waals surface area (Å²) in [5.41, 5.74) is 2.12. The van der Waals surface area contributed by atoms with Crippen molar-refractivity contribution in [2.24, 2.45) is 5.92 Å². The number of rotatable bonds is 4. The molecule has 1 saturated carbocycles. The zero-order valence-electron chi connectivity index (χ0n) is 11.3. The maximum atomic E-state index is 10.6. The highest BCUT2D eigenvalue weighted by atomic mass is 35.5. The summed E-state index contributed by atoms with van der Waals surface area (Å²) < 4.78 is 5.32. The zero-order valence-corrected chi connectivity index (χ0v) is 12.0. The van der Waals surface area contributed by atoms with Gasteiger partial charge in [-0.05, 0) is 36.0 Å². The van der Waals surface area contributed by atoms with Crippen molar-refractivity contribution in [3.8, 4) is 5.75 Å². The van der Waals surface area contributed by atoms with Crippen molar-refractivity contribution in [3.63, 3.8) is 0 Å². The van der Waals surface area contributed by atoms with Gasteiger partial charge in [0.1, 0.15) is 5.75 Å². The largest absolute Gasteiger partial charge is 0.496 e. The Morgan fingerprint density at radius 3 is 2.65 bits per heavy atom. The normalized spacial score (nSPS) is 22.4. The standard InChI is InChI=1S/C17H17ClO2/c1-20-16-9-12(18)7-8-13(16)17(19)15-10-14(15)11-5-3-2-4-6-11/h2-9,14-15,17,19H,10H2,1H3. The Morgan fingerprint density at radius 2 is 1.95 bits per heavy atom. The lowest BCUT2D eigenvalue weighted by molar-refractivity contribution is 0.147. The molecule has 0 aromatic heterocycles. The van der Waals surface area contributed by atoms with Gasteiger partial charge in [-0.1, -0.05) is 48.0 Å². The molecule has 3 heteroatoms. The van der Waals surface area contributed by atoms with E-state index < -0.39 is 6.10 Å². The molecular formula is C17H17ClO2. The number of hydrogen-bond donors (Lipinski definition) is 1. The second-order valence-electron chi connectivity index (χ2n) is 5.25. The number of hydrogen-bond acceptors (Lipinski definition) is 2. The number of methoxy groups -OCH3 is 1. The van der Waals surface area contributed by atoms with Gasteiger partial charge in [-0.2, -0.15) is 0 Å². The van der Waals surface area contributed by atoms with Crippen LogP contribution >= 0.6 is 11.6 Å². The van der Waals surface area contributed by atoms with Gasteiger partial charge in [0.2, 0.25) is 0 Å². The molecule has 0 heterocycles. The third kappa shape index (κ3) is 2.54. The molecule has 3 unspecified atom stereocenters. The van der Waals surface area contributed by atoms with Crippen LogP contribution in [0.4, 0.5) is 0 Å². The third-order valence-electron chi connectivity index (χ3n) is 3.99. The Labute approximate surface area is 124 Å². The molecule has 1 N–H and O–H groups in total. The first-order valence-corrected chi connectivity index (χ1v) is 7.15. The van der Waals surface area contributed by atoms with E-state index >= 15 is 0 Å². The second kappa shape index (κ2) is 5.47. The highest BCUT2D eigenvalue weighted by Gasteiger charge is 2.44. The van der Waals surface area contributed by atoms with Gasteiger partial charge in [-0.3, -0.25) is 0 Å². The van der Waals surface area contributed by atoms with Crippen molar-refractivity contribution in [1.29, 1.82) is 0 Å². The molecule has 0 aliphatic heterocycles. The van der Waals surface area contributed by atoms with E-state index in [9.17, 15) is 5.11 Å². The topological polar surface area (TPSA) is 29.5 Å². The summed E-state index contributed by atoms with van der Waals surface area (Å²) in [6.45, 7) is 0. The van der Waals surface area contributed by atoms with E-state index in [2.05, 4.69) is 12.1 Å². The number of halogens is 1. The van der Waals surface area contributed by atoms with Crippen LogP contribution in [-0.2, 0) is 0 Å². The number of aliphatic hydroxyl groups excluding tert-OH is 1. The van der Waals surface area contributed by atoms with Gasteiger partial charge >= 0.3 is 0 Å². The van der Waals surface area contributed by atoms with E-state index in [1.165, 1.54) is 5.56 Å². The van der Waals surface area contributed by atoms with Crippen LogP contribution in [0.1, 0.15) is 29.6 Å². The molecule has 0 amide bonds. The molecule has 1 aliphatic carbocycles. The third-order valence-corrected chi connectivity index (χ3v) is 4.22. The van der Waals surface area contributed by atoms with Crippen LogP contribution in [0.25, 0.3) is 0 Å². The number of benzene rings is 2. The molecule has 0 bridgehead atoms. The van der Waals surface area contributed by atoms with Gasteiger partial charge in [-0.25, -0.2) is 0 Å². The first kappa shape index (κ1) is 13.5. The van der Waals surface area contributed by atoms with Crippen molar-refractivity contribution < 1.29 is 9.84 Å². The predicted molar refractivity (Wildman–Crippen MR) is 80.3 cm³/mol. The smallest absolute Gasteiger partial charge is 0.126 e. The molecule has 3 rings (SSSR count). The maximum Gasteiger partial charge on any atom is 0.126 e. The molecule has 1 aliphatic rings. The molecule has 104 valence electrons. The predicted octanol–water partition coefficient (Wildman–Crippen LogP) is 4.19. The lowest BCUT2D eigenvalue weighted by Crippen LogP contribution is -2.04. The van der Waals surface area contributed by atoms with Gasteiger partial charge in [0.05, 0.1) is 13.2 Å². The van der Waals surface area contributed by atoms with E-state index in [0.717, 1.165) is 12.0 Å². The summed E-state index contributed by atoms with van der Waals surface area (Å²) in [7, 11) is 1.60. The van der Waals surface area contributed by atoms with Crippen LogP contribution in [0.3, 0.4) is 0 Å². The molecule has 3 atom stereocenters. The van der Waals surface area contributed by atoms with Crippen LogP contribution in [-0.4, -0.2) is 12.2 Å². The number of ether oxygens (including phenoxy) is 1. The monoisotopic (exact) mass is 288 g/mol. The van der Waals surface area contributed by atoms with E-state index in [-0.39, 0.29) is 5.92 Å². The minimum atomic E-state index is -0.507. The fourth-order valence-corrected chi connectivity index (χ4v) is 2.97. The molecule has 0 spiro atoms. The first-order valence-electron chi connectivity index (χ1n) is 6.77. The van der Waals surface area contributed by atoms with Gasteiger partial charge in [0.15, 0.2) is 0 Å². The van der Waals surface area contributed by atoms with Crippen molar-refractivity contribution in [1.82, 2.24) is 0 Å². The van der Waals surface area contributed by atoms with Crippen molar-refractivity contribution in [3.05, 3.63) is 64.7 Å². The van der Waals surface area contributed by atoms with Gasteiger partial charge in [0.25, 0.3) is 0 Å². The maximum absolute atomic E-state index is 10.6. The summed E-state index contributed by atoms with van der Waals surface area (Å²) >= 11 is 5.96. The van der Waals surface area contributed by atoms with E-state index in [1.54, 1.807) is 19.2 Å². The molecule has 2 aromatic carbocycles. The van der Waals surface area contributed by atoms with Crippen molar-refractivity contribution in [2.45, 2.75) is 18.4 Å². The molecular weight excluding hydrogens is 272 g/mol. The molecule has 1 fully saturated rings. The molecule has 2 nitrogen and oxygen atoms in total. The summed E-state index contributed by atoms with van der Waals surface area (Å²) in [6, 6.07) is 15.7. The lowest BCUT2D eigenvalue weighted by Gasteiger charge is -2.15. The highest BCUT2D eigenvalue weighted by Crippen LogP contribution is 2.55. The summed E-state index contributed by atoms with van der Waals surface area (Å²) in [4.78, 5) is 0. The van der Waals surface area contributed by atoms with Crippen LogP contribution in [0.5, 0.6) is 5.75 Å². The average molecular weight is 289 g/mol. The Balaban J connectivity index is 1.80. The minimum Gasteiger partial charge on any atom is -0.496 e.